The molecule has 5 atom stereocenters. The molecule has 2 amide bonds. The van der Waals surface area contributed by atoms with Crippen LogP contribution in [-0.4, -0.2) is 16.7 Å². The second-order valence-corrected chi connectivity index (χ2v) is 6.13. The SMILES string of the molecule is C[C@H](c1ccccc1)N1C(=O)[C@@H]2[C@H](C1=O)[C@H]1C=C[C@@H]2C1. The van der Waals surface area contributed by atoms with E-state index in [0.717, 1.165) is 12.0 Å². The Morgan fingerprint density at radius 2 is 1.55 bits per heavy atom. The number of carbonyl (C=O) groups excluding carboxylic acids is 2. The Labute approximate surface area is 118 Å². The average Bonchev–Trinajstić information content (AvgIpc) is 3.14. The van der Waals surface area contributed by atoms with Crippen molar-refractivity contribution in [2.24, 2.45) is 23.7 Å². The van der Waals surface area contributed by atoms with E-state index in [2.05, 4.69) is 12.2 Å². The molecule has 1 heterocycles. The molecule has 4 rings (SSSR count). The van der Waals surface area contributed by atoms with Crippen LogP contribution in [0.25, 0.3) is 0 Å². The number of likely N-dealkylation sites (tertiary alicyclic amines) is 1. The van der Waals surface area contributed by atoms with Gasteiger partial charge in [-0.05, 0) is 30.7 Å². The van der Waals surface area contributed by atoms with Crippen LogP contribution in [0.4, 0.5) is 0 Å². The summed E-state index contributed by atoms with van der Waals surface area (Å²) in [6, 6.07) is 9.63. The second-order valence-electron chi connectivity index (χ2n) is 6.13. The molecule has 2 fully saturated rings. The summed E-state index contributed by atoms with van der Waals surface area (Å²) in [5, 5.41) is 0. The average molecular weight is 267 g/mol. The van der Waals surface area contributed by atoms with Gasteiger partial charge in [0, 0.05) is 0 Å². The van der Waals surface area contributed by atoms with Crippen LogP contribution in [0.1, 0.15) is 24.9 Å². The zero-order chi connectivity index (χ0) is 13.9. The van der Waals surface area contributed by atoms with Crippen molar-refractivity contribution in [2.45, 2.75) is 19.4 Å². The van der Waals surface area contributed by atoms with E-state index < -0.39 is 0 Å². The second kappa shape index (κ2) is 4.05. The van der Waals surface area contributed by atoms with E-state index in [1.807, 2.05) is 37.3 Å². The summed E-state index contributed by atoms with van der Waals surface area (Å²) >= 11 is 0. The van der Waals surface area contributed by atoms with Crippen molar-refractivity contribution in [1.29, 1.82) is 0 Å². The van der Waals surface area contributed by atoms with Crippen LogP contribution in [0.5, 0.6) is 0 Å². The zero-order valence-corrected chi connectivity index (χ0v) is 11.4. The van der Waals surface area contributed by atoms with E-state index in [9.17, 15) is 9.59 Å². The first-order chi connectivity index (χ1) is 9.68. The molecule has 0 unspecified atom stereocenters. The normalized spacial score (nSPS) is 35.8. The number of hydrogen-bond donors (Lipinski definition) is 0. The largest absolute Gasteiger partial charge is 0.275 e. The van der Waals surface area contributed by atoms with Crippen LogP contribution >= 0.6 is 0 Å². The van der Waals surface area contributed by atoms with Gasteiger partial charge in [0.1, 0.15) is 0 Å². The summed E-state index contributed by atoms with van der Waals surface area (Å²) in [6.45, 7) is 1.95. The molecule has 0 spiro atoms. The molecule has 0 radical (unpaired) electrons. The Balaban J connectivity index is 1.68. The van der Waals surface area contributed by atoms with Crippen LogP contribution < -0.4 is 0 Å². The maximum Gasteiger partial charge on any atom is 0.234 e. The number of amides is 2. The minimum absolute atomic E-state index is 0.0354. The minimum Gasteiger partial charge on any atom is -0.275 e. The van der Waals surface area contributed by atoms with Crippen molar-refractivity contribution < 1.29 is 9.59 Å². The van der Waals surface area contributed by atoms with Crippen LogP contribution in [0.3, 0.4) is 0 Å². The topological polar surface area (TPSA) is 37.4 Å². The van der Waals surface area contributed by atoms with Gasteiger partial charge in [0.15, 0.2) is 0 Å². The Morgan fingerprint density at radius 3 is 2.10 bits per heavy atom. The van der Waals surface area contributed by atoms with Crippen LogP contribution in [0.15, 0.2) is 42.5 Å². The molecule has 1 aliphatic heterocycles. The lowest BCUT2D eigenvalue weighted by Crippen LogP contribution is -2.35. The van der Waals surface area contributed by atoms with Gasteiger partial charge >= 0.3 is 0 Å². The minimum atomic E-state index is -0.166. The molecule has 2 bridgehead atoms. The van der Waals surface area contributed by atoms with E-state index in [1.54, 1.807) is 0 Å². The summed E-state index contributed by atoms with van der Waals surface area (Å²) in [5.41, 5.74) is 1.02. The maximum atomic E-state index is 12.7. The molecule has 0 aromatic heterocycles. The van der Waals surface area contributed by atoms with Crippen LogP contribution in [0.2, 0.25) is 0 Å². The molecule has 3 heteroatoms. The highest BCUT2D eigenvalue weighted by Crippen LogP contribution is 2.53. The fraction of sp³-hybridized carbons (Fsp3) is 0.412. The molecular weight excluding hydrogens is 250 g/mol. The molecule has 20 heavy (non-hydrogen) atoms. The Hall–Kier alpha value is -1.90. The summed E-state index contributed by atoms with van der Waals surface area (Å²) in [5.74, 6) is 0.456. The standard InChI is InChI=1S/C17H17NO2/c1-10(11-5-3-2-4-6-11)18-16(19)14-12-7-8-13(9-12)15(14)17(18)20/h2-8,10,12-15H,9H2,1H3/t10-,12-,13+,14+,15-/m1/s1. The van der Waals surface area contributed by atoms with Crippen molar-refractivity contribution in [2.75, 3.05) is 0 Å². The predicted molar refractivity (Wildman–Crippen MR) is 74.4 cm³/mol. The summed E-state index contributed by atoms with van der Waals surface area (Å²) in [4.78, 5) is 26.9. The van der Waals surface area contributed by atoms with Gasteiger partial charge in [0.25, 0.3) is 0 Å². The summed E-state index contributed by atoms with van der Waals surface area (Å²) < 4.78 is 0. The number of imide groups is 1. The van der Waals surface area contributed by atoms with Crippen LogP contribution in [0, 0.1) is 23.7 Å². The van der Waals surface area contributed by atoms with Crippen molar-refractivity contribution >= 4 is 11.8 Å². The molecule has 1 saturated carbocycles. The molecule has 1 saturated heterocycles. The smallest absolute Gasteiger partial charge is 0.234 e. The van der Waals surface area contributed by atoms with E-state index in [4.69, 9.17) is 0 Å². The lowest BCUT2D eigenvalue weighted by molar-refractivity contribution is -0.143. The first kappa shape index (κ1) is 11.9. The maximum absolute atomic E-state index is 12.7. The Bertz CT molecular complexity index is 577. The molecule has 1 aromatic rings. The van der Waals surface area contributed by atoms with Gasteiger partial charge < -0.3 is 0 Å². The molecular formula is C17H17NO2. The Morgan fingerprint density at radius 1 is 1.00 bits per heavy atom. The fourth-order valence-corrected chi connectivity index (χ4v) is 4.19. The third kappa shape index (κ3) is 1.41. The highest BCUT2D eigenvalue weighted by molar-refractivity contribution is 6.06. The highest BCUT2D eigenvalue weighted by Gasteiger charge is 2.60. The number of hydrogen-bond acceptors (Lipinski definition) is 2. The highest BCUT2D eigenvalue weighted by atomic mass is 16.2. The van der Waals surface area contributed by atoms with Crippen molar-refractivity contribution in [3.8, 4) is 0 Å². The van der Waals surface area contributed by atoms with E-state index in [1.165, 1.54) is 4.90 Å². The van der Waals surface area contributed by atoms with Gasteiger partial charge in [-0.3, -0.25) is 14.5 Å². The lowest BCUT2D eigenvalue weighted by Gasteiger charge is -2.24. The zero-order valence-electron chi connectivity index (χ0n) is 11.4. The number of fused-ring (bicyclic) bond motifs is 5. The van der Waals surface area contributed by atoms with Gasteiger partial charge in [-0.25, -0.2) is 0 Å². The third-order valence-electron chi connectivity index (χ3n) is 5.17. The number of nitrogens with zero attached hydrogens (tertiary/aromatic N) is 1. The monoisotopic (exact) mass is 267 g/mol. The van der Waals surface area contributed by atoms with E-state index >= 15 is 0 Å². The lowest BCUT2D eigenvalue weighted by atomic mass is 9.85. The van der Waals surface area contributed by atoms with Gasteiger partial charge in [0.2, 0.25) is 11.8 Å². The number of benzene rings is 1. The van der Waals surface area contributed by atoms with Gasteiger partial charge in [0.05, 0.1) is 17.9 Å². The van der Waals surface area contributed by atoms with Crippen LogP contribution in [-0.2, 0) is 9.59 Å². The molecule has 0 N–H and O–H groups in total. The molecule has 3 nitrogen and oxygen atoms in total. The fourth-order valence-electron chi connectivity index (χ4n) is 4.19. The third-order valence-corrected chi connectivity index (χ3v) is 5.17. The van der Waals surface area contributed by atoms with Crippen molar-refractivity contribution in [3.63, 3.8) is 0 Å². The molecule has 102 valence electrons. The molecule has 1 aromatic carbocycles. The quantitative estimate of drug-likeness (QED) is 0.610. The van der Waals surface area contributed by atoms with Crippen molar-refractivity contribution in [3.05, 3.63) is 48.0 Å². The van der Waals surface area contributed by atoms with Crippen molar-refractivity contribution in [1.82, 2.24) is 4.90 Å². The summed E-state index contributed by atoms with van der Waals surface area (Å²) in [6.07, 6.45) is 5.25. The van der Waals surface area contributed by atoms with E-state index in [0.29, 0.717) is 0 Å². The van der Waals surface area contributed by atoms with Gasteiger partial charge in [-0.15, -0.1) is 0 Å². The number of carbonyl (C=O) groups is 2. The first-order valence-corrected chi connectivity index (χ1v) is 7.28. The first-order valence-electron chi connectivity index (χ1n) is 7.28. The number of allylic oxidation sites excluding steroid dienone is 2. The predicted octanol–water partition coefficient (Wildman–Crippen LogP) is 2.55. The Kier molecular flexibility index (Phi) is 2.40. The molecule has 3 aliphatic rings. The van der Waals surface area contributed by atoms with Gasteiger partial charge in [-0.2, -0.15) is 0 Å². The summed E-state index contributed by atoms with van der Waals surface area (Å²) in [7, 11) is 0. The molecule has 2 aliphatic carbocycles. The van der Waals surface area contributed by atoms with E-state index in [-0.39, 0.29) is 41.5 Å². The van der Waals surface area contributed by atoms with Gasteiger partial charge in [-0.1, -0.05) is 42.5 Å². The number of rotatable bonds is 2.